The van der Waals surface area contributed by atoms with E-state index in [0.717, 1.165) is 6.54 Å². The maximum atomic E-state index is 5.84. The first-order valence-electron chi connectivity index (χ1n) is 6.60. The highest BCUT2D eigenvalue weighted by atomic mass is 15.2. The van der Waals surface area contributed by atoms with Gasteiger partial charge in [-0.15, -0.1) is 0 Å². The smallest absolute Gasteiger partial charge is 0.188 e. The molecule has 1 aliphatic carbocycles. The molecule has 16 heavy (non-hydrogen) atoms. The third-order valence-electron chi connectivity index (χ3n) is 3.53. The Balaban J connectivity index is 1.75. The summed E-state index contributed by atoms with van der Waals surface area (Å²) in [4.78, 5) is 7.01. The molecule has 4 nitrogen and oxygen atoms in total. The predicted octanol–water partition coefficient (Wildman–Crippen LogP) is 0.928. The molecule has 2 aliphatic rings. The van der Waals surface area contributed by atoms with Crippen molar-refractivity contribution in [1.29, 1.82) is 0 Å². The molecule has 0 radical (unpaired) electrons. The molecule has 1 saturated carbocycles. The first kappa shape index (κ1) is 11.7. The summed E-state index contributed by atoms with van der Waals surface area (Å²) in [6.45, 7) is 5.57. The molecule has 0 unspecified atom stereocenters. The van der Waals surface area contributed by atoms with Crippen molar-refractivity contribution in [3.8, 4) is 0 Å². The minimum absolute atomic E-state index is 0.585. The fourth-order valence-electron chi connectivity index (χ4n) is 2.30. The number of nitrogens with zero attached hydrogens (tertiary/aromatic N) is 2. The van der Waals surface area contributed by atoms with Gasteiger partial charge in [-0.25, -0.2) is 0 Å². The van der Waals surface area contributed by atoms with Crippen molar-refractivity contribution < 1.29 is 0 Å². The van der Waals surface area contributed by atoms with E-state index in [-0.39, 0.29) is 0 Å². The minimum Gasteiger partial charge on any atom is -0.370 e. The van der Waals surface area contributed by atoms with E-state index in [0.29, 0.717) is 18.0 Å². The summed E-state index contributed by atoms with van der Waals surface area (Å²) in [6.07, 6.45) is 6.35. The van der Waals surface area contributed by atoms with E-state index in [2.05, 4.69) is 22.1 Å². The van der Waals surface area contributed by atoms with Gasteiger partial charge in [0.2, 0.25) is 0 Å². The minimum atomic E-state index is 0.585. The Labute approximate surface area is 98.3 Å². The molecule has 4 heteroatoms. The lowest BCUT2D eigenvalue weighted by Crippen LogP contribution is -2.38. The van der Waals surface area contributed by atoms with Crippen LogP contribution in [-0.2, 0) is 0 Å². The Bertz CT molecular complexity index is 241. The van der Waals surface area contributed by atoms with E-state index >= 15 is 0 Å². The highest BCUT2D eigenvalue weighted by molar-refractivity contribution is 5.78. The van der Waals surface area contributed by atoms with Crippen LogP contribution in [0.4, 0.5) is 0 Å². The van der Waals surface area contributed by atoms with Gasteiger partial charge in [0, 0.05) is 12.1 Å². The third kappa shape index (κ3) is 3.37. The van der Waals surface area contributed by atoms with Gasteiger partial charge in [0.25, 0.3) is 0 Å². The number of aliphatic imine (C=N–C) groups is 1. The van der Waals surface area contributed by atoms with Gasteiger partial charge in [-0.1, -0.05) is 6.92 Å². The zero-order chi connectivity index (χ0) is 11.4. The van der Waals surface area contributed by atoms with Gasteiger partial charge >= 0.3 is 0 Å². The molecule has 0 spiro atoms. The van der Waals surface area contributed by atoms with Crippen LogP contribution >= 0.6 is 0 Å². The van der Waals surface area contributed by atoms with Crippen molar-refractivity contribution in [2.45, 2.75) is 51.1 Å². The SMILES string of the molecule is CC[C@@H](CN=C(N)NC1CC1)N1CCCC1. The Morgan fingerprint density at radius 1 is 1.44 bits per heavy atom. The lowest BCUT2D eigenvalue weighted by molar-refractivity contribution is 0.242. The quantitative estimate of drug-likeness (QED) is 0.539. The van der Waals surface area contributed by atoms with E-state index in [4.69, 9.17) is 5.73 Å². The Kier molecular flexibility index (Phi) is 4.04. The number of guanidine groups is 1. The maximum Gasteiger partial charge on any atom is 0.188 e. The summed E-state index contributed by atoms with van der Waals surface area (Å²) < 4.78 is 0. The summed E-state index contributed by atoms with van der Waals surface area (Å²) >= 11 is 0. The Hall–Kier alpha value is -0.770. The van der Waals surface area contributed by atoms with E-state index in [9.17, 15) is 0 Å². The number of nitrogens with two attached hydrogens (primary N) is 1. The van der Waals surface area contributed by atoms with E-state index in [1.165, 1.54) is 45.2 Å². The molecule has 0 amide bonds. The summed E-state index contributed by atoms with van der Waals surface area (Å²) in [5.41, 5.74) is 5.84. The van der Waals surface area contributed by atoms with Crippen LogP contribution in [0.15, 0.2) is 4.99 Å². The molecule has 2 fully saturated rings. The molecule has 3 N–H and O–H groups in total. The van der Waals surface area contributed by atoms with Gasteiger partial charge in [-0.2, -0.15) is 0 Å². The topological polar surface area (TPSA) is 53.6 Å². The van der Waals surface area contributed by atoms with E-state index in [1.807, 2.05) is 0 Å². The molecule has 1 saturated heterocycles. The van der Waals surface area contributed by atoms with Crippen LogP contribution in [0.2, 0.25) is 0 Å². The number of nitrogens with one attached hydrogen (secondary N) is 1. The molecule has 1 heterocycles. The number of hydrogen-bond donors (Lipinski definition) is 2. The van der Waals surface area contributed by atoms with Crippen LogP contribution < -0.4 is 11.1 Å². The number of likely N-dealkylation sites (tertiary alicyclic amines) is 1. The Morgan fingerprint density at radius 3 is 2.69 bits per heavy atom. The largest absolute Gasteiger partial charge is 0.370 e. The van der Waals surface area contributed by atoms with Crippen LogP contribution in [0.3, 0.4) is 0 Å². The molecule has 1 atom stereocenters. The van der Waals surface area contributed by atoms with Gasteiger partial charge in [0.05, 0.1) is 6.54 Å². The van der Waals surface area contributed by atoms with Gasteiger partial charge < -0.3 is 11.1 Å². The summed E-state index contributed by atoms with van der Waals surface area (Å²) in [5, 5.41) is 3.23. The van der Waals surface area contributed by atoms with Gasteiger partial charge in [0.1, 0.15) is 0 Å². The first-order valence-corrected chi connectivity index (χ1v) is 6.60. The second-order valence-corrected chi connectivity index (χ2v) is 4.95. The van der Waals surface area contributed by atoms with E-state index < -0.39 is 0 Å². The number of hydrogen-bond acceptors (Lipinski definition) is 2. The van der Waals surface area contributed by atoms with Gasteiger partial charge in [-0.3, -0.25) is 9.89 Å². The normalized spacial score (nSPS) is 24.7. The lowest BCUT2D eigenvalue weighted by Gasteiger charge is -2.24. The molecule has 92 valence electrons. The number of rotatable bonds is 5. The molecule has 0 aromatic carbocycles. The lowest BCUT2D eigenvalue weighted by atomic mass is 10.2. The summed E-state index contributed by atoms with van der Waals surface area (Å²) in [5.74, 6) is 0.639. The molecular formula is C12H24N4. The Morgan fingerprint density at radius 2 is 2.12 bits per heavy atom. The van der Waals surface area contributed by atoms with Crippen LogP contribution in [0.5, 0.6) is 0 Å². The zero-order valence-corrected chi connectivity index (χ0v) is 10.3. The zero-order valence-electron chi connectivity index (χ0n) is 10.3. The molecule has 0 bridgehead atoms. The molecular weight excluding hydrogens is 200 g/mol. The third-order valence-corrected chi connectivity index (χ3v) is 3.53. The van der Waals surface area contributed by atoms with Crippen LogP contribution in [-0.4, -0.2) is 42.6 Å². The van der Waals surface area contributed by atoms with Gasteiger partial charge in [0.15, 0.2) is 5.96 Å². The van der Waals surface area contributed by atoms with Crippen molar-refractivity contribution in [3.05, 3.63) is 0 Å². The highest BCUT2D eigenvalue weighted by Crippen LogP contribution is 2.18. The fraction of sp³-hybridized carbons (Fsp3) is 0.917. The molecule has 2 rings (SSSR count). The average Bonchev–Trinajstić information content (AvgIpc) is 2.92. The fourth-order valence-corrected chi connectivity index (χ4v) is 2.30. The van der Waals surface area contributed by atoms with Crippen molar-refractivity contribution in [1.82, 2.24) is 10.2 Å². The van der Waals surface area contributed by atoms with E-state index in [1.54, 1.807) is 0 Å². The molecule has 0 aromatic heterocycles. The average molecular weight is 224 g/mol. The maximum absolute atomic E-state index is 5.84. The molecule has 1 aliphatic heterocycles. The second kappa shape index (κ2) is 5.53. The summed E-state index contributed by atoms with van der Waals surface area (Å²) in [6, 6.07) is 1.19. The van der Waals surface area contributed by atoms with Crippen LogP contribution in [0, 0.1) is 0 Å². The summed E-state index contributed by atoms with van der Waals surface area (Å²) in [7, 11) is 0. The standard InChI is InChI=1S/C12H24N4/c1-2-11(16-7-3-4-8-16)9-14-12(13)15-10-5-6-10/h10-11H,2-9H2,1H3,(H3,13,14,15)/t11-/m0/s1. The first-order chi connectivity index (χ1) is 7.79. The van der Waals surface area contributed by atoms with Gasteiger partial charge in [-0.05, 0) is 45.2 Å². The van der Waals surface area contributed by atoms with Crippen molar-refractivity contribution >= 4 is 5.96 Å². The predicted molar refractivity (Wildman–Crippen MR) is 67.5 cm³/mol. The van der Waals surface area contributed by atoms with Crippen LogP contribution in [0.25, 0.3) is 0 Å². The highest BCUT2D eigenvalue weighted by Gasteiger charge is 2.22. The molecule has 0 aromatic rings. The van der Waals surface area contributed by atoms with Crippen LogP contribution in [0.1, 0.15) is 39.0 Å². The van der Waals surface area contributed by atoms with Crippen molar-refractivity contribution in [2.75, 3.05) is 19.6 Å². The second-order valence-electron chi connectivity index (χ2n) is 4.95. The van der Waals surface area contributed by atoms with Crippen molar-refractivity contribution in [3.63, 3.8) is 0 Å². The monoisotopic (exact) mass is 224 g/mol. The van der Waals surface area contributed by atoms with Crippen molar-refractivity contribution in [2.24, 2.45) is 10.7 Å².